The van der Waals surface area contributed by atoms with Crippen molar-refractivity contribution in [1.82, 2.24) is 15.2 Å². The van der Waals surface area contributed by atoms with Crippen molar-refractivity contribution in [2.45, 2.75) is 69.5 Å². The molecule has 0 radical (unpaired) electrons. The molecule has 1 aliphatic rings. The number of hydrogen-bond acceptors (Lipinski definition) is 9. The van der Waals surface area contributed by atoms with E-state index in [1.165, 1.54) is 55.6 Å². The number of H-pyrrole nitrogens is 1. The van der Waals surface area contributed by atoms with Crippen molar-refractivity contribution in [3.63, 3.8) is 0 Å². The third kappa shape index (κ3) is 9.33. The first-order chi connectivity index (χ1) is 23.4. The summed E-state index contributed by atoms with van der Waals surface area (Å²) in [6.45, 7) is 4.72. The molecule has 258 valence electrons. The van der Waals surface area contributed by atoms with Crippen molar-refractivity contribution in [2.75, 3.05) is 39.3 Å². The van der Waals surface area contributed by atoms with Gasteiger partial charge in [-0.1, -0.05) is 68.5 Å². The van der Waals surface area contributed by atoms with Gasteiger partial charge >= 0.3 is 5.97 Å². The SMILES string of the molecule is O=C(OCC1CCN(CCCCCCCCCNCC(O)c2ccc(O)c3[nH]c(=O)ccc23)CC1)C(O)(c1ccccc1)c1ccsc1. The van der Waals surface area contributed by atoms with Gasteiger partial charge in [-0.2, -0.15) is 11.3 Å². The number of aromatic nitrogens is 1. The molecule has 10 heteroatoms. The number of aliphatic hydroxyl groups excluding tert-OH is 1. The van der Waals surface area contributed by atoms with Crippen LogP contribution < -0.4 is 10.9 Å². The van der Waals surface area contributed by atoms with E-state index in [0.29, 0.717) is 46.7 Å². The van der Waals surface area contributed by atoms with Crippen LogP contribution in [0.2, 0.25) is 0 Å². The number of benzene rings is 2. The summed E-state index contributed by atoms with van der Waals surface area (Å²) in [5.41, 5.74) is 0.0180. The van der Waals surface area contributed by atoms with Gasteiger partial charge in [-0.25, -0.2) is 4.79 Å². The van der Waals surface area contributed by atoms with Crippen LogP contribution in [0.1, 0.15) is 80.6 Å². The summed E-state index contributed by atoms with van der Waals surface area (Å²) in [6.07, 6.45) is 9.57. The number of aromatic hydroxyl groups is 1. The summed E-state index contributed by atoms with van der Waals surface area (Å²) < 4.78 is 5.74. The third-order valence-electron chi connectivity index (χ3n) is 9.51. The number of esters is 1. The smallest absolute Gasteiger partial charge is 0.347 e. The molecule has 4 aromatic rings. The predicted molar refractivity (Wildman–Crippen MR) is 190 cm³/mol. The van der Waals surface area contributed by atoms with Crippen molar-refractivity contribution >= 4 is 28.2 Å². The number of thiophene rings is 1. The number of aliphatic hydroxyl groups is 2. The summed E-state index contributed by atoms with van der Waals surface area (Å²) in [5, 5.41) is 39.9. The van der Waals surface area contributed by atoms with E-state index in [0.717, 1.165) is 51.9 Å². The molecule has 2 atom stereocenters. The van der Waals surface area contributed by atoms with Gasteiger partial charge in [-0.05, 0) is 97.9 Å². The highest BCUT2D eigenvalue weighted by Crippen LogP contribution is 2.33. The third-order valence-corrected chi connectivity index (χ3v) is 10.2. The van der Waals surface area contributed by atoms with E-state index in [1.54, 1.807) is 35.7 Å². The standard InChI is InChI=1S/C38H49N3O6S/c42-33-15-13-31(32-14-16-35(44)40-36(32)33)34(43)25-39-20-9-4-2-1-3-5-10-21-41-22-17-28(18-23-41)26-47-37(45)38(46,30-19-24-48-27-30)29-11-7-6-8-12-29/h6-8,11-16,19,24,27-28,34,39,42-43,46H,1-5,9-10,17-18,20-23,25-26H2,(H,40,44). The fourth-order valence-corrected chi connectivity index (χ4v) is 7.29. The van der Waals surface area contributed by atoms with Crippen LogP contribution in [0.3, 0.4) is 0 Å². The number of nitrogens with zero attached hydrogens (tertiary/aromatic N) is 1. The molecular weight excluding hydrogens is 627 g/mol. The molecule has 5 N–H and O–H groups in total. The fraction of sp³-hybridized carbons (Fsp3) is 0.474. The average Bonchev–Trinajstić information content (AvgIpc) is 3.66. The Morgan fingerprint density at radius 1 is 0.958 bits per heavy atom. The summed E-state index contributed by atoms with van der Waals surface area (Å²) in [5.74, 6) is -0.303. The molecule has 0 amide bonds. The van der Waals surface area contributed by atoms with Crippen LogP contribution >= 0.6 is 11.3 Å². The molecule has 1 saturated heterocycles. The Hall–Kier alpha value is -3.54. The number of likely N-dealkylation sites (tertiary alicyclic amines) is 1. The van der Waals surface area contributed by atoms with Crippen LogP contribution in [0.25, 0.3) is 10.9 Å². The minimum absolute atomic E-state index is 0.00570. The summed E-state index contributed by atoms with van der Waals surface area (Å²) in [7, 11) is 0. The van der Waals surface area contributed by atoms with Crippen LogP contribution in [0.4, 0.5) is 0 Å². The molecular formula is C38H49N3O6S. The van der Waals surface area contributed by atoms with Crippen LogP contribution in [0.15, 0.2) is 76.2 Å². The molecule has 2 unspecified atom stereocenters. The molecule has 0 aliphatic carbocycles. The number of unbranched alkanes of at least 4 members (excludes halogenated alkanes) is 6. The van der Waals surface area contributed by atoms with E-state index in [-0.39, 0.29) is 11.3 Å². The second kappa shape index (κ2) is 17.7. The lowest BCUT2D eigenvalue weighted by Crippen LogP contribution is -2.40. The van der Waals surface area contributed by atoms with Gasteiger partial charge in [0.25, 0.3) is 0 Å². The maximum Gasteiger partial charge on any atom is 0.347 e. The Balaban J connectivity index is 0.888. The average molecular weight is 676 g/mol. The molecule has 0 bridgehead atoms. The number of nitrogens with one attached hydrogen (secondary N) is 2. The zero-order chi connectivity index (χ0) is 33.8. The number of phenolic OH excluding ortho intramolecular Hbond substituents is 1. The van der Waals surface area contributed by atoms with E-state index in [1.807, 2.05) is 23.6 Å². The number of phenols is 1. The van der Waals surface area contributed by atoms with Gasteiger partial charge in [-0.15, -0.1) is 0 Å². The number of aromatic amines is 1. The highest BCUT2D eigenvalue weighted by atomic mass is 32.1. The molecule has 9 nitrogen and oxygen atoms in total. The second-order valence-electron chi connectivity index (χ2n) is 13.0. The molecule has 2 aromatic carbocycles. The number of ether oxygens (including phenoxy) is 1. The van der Waals surface area contributed by atoms with Gasteiger partial charge in [0.2, 0.25) is 11.2 Å². The number of carbonyl (C=O) groups excluding carboxylic acids is 1. The normalized spacial score (nSPS) is 16.1. The maximum absolute atomic E-state index is 13.2. The predicted octanol–water partition coefficient (Wildman–Crippen LogP) is 5.84. The van der Waals surface area contributed by atoms with Crippen molar-refractivity contribution in [2.24, 2.45) is 5.92 Å². The Labute approximate surface area is 286 Å². The number of piperidine rings is 1. The molecule has 1 aliphatic heterocycles. The largest absolute Gasteiger partial charge is 0.506 e. The Kier molecular flexibility index (Phi) is 13.2. The van der Waals surface area contributed by atoms with Crippen molar-refractivity contribution in [1.29, 1.82) is 0 Å². The number of hydrogen-bond donors (Lipinski definition) is 5. The van der Waals surface area contributed by atoms with Crippen LogP contribution in [-0.4, -0.2) is 70.5 Å². The van der Waals surface area contributed by atoms with Gasteiger partial charge in [0.15, 0.2) is 0 Å². The van der Waals surface area contributed by atoms with Crippen molar-refractivity contribution in [3.8, 4) is 5.75 Å². The lowest BCUT2D eigenvalue weighted by molar-refractivity contribution is -0.164. The first kappa shape index (κ1) is 35.8. The fourth-order valence-electron chi connectivity index (χ4n) is 6.59. The lowest BCUT2D eigenvalue weighted by Gasteiger charge is -2.32. The molecule has 48 heavy (non-hydrogen) atoms. The van der Waals surface area contributed by atoms with Gasteiger partial charge < -0.3 is 35.3 Å². The Bertz CT molecular complexity index is 1620. The molecule has 5 rings (SSSR count). The molecule has 0 saturated carbocycles. The molecule has 2 aromatic heterocycles. The topological polar surface area (TPSA) is 135 Å². The van der Waals surface area contributed by atoms with Crippen LogP contribution in [0.5, 0.6) is 5.75 Å². The number of pyridine rings is 1. The zero-order valence-corrected chi connectivity index (χ0v) is 28.4. The van der Waals surface area contributed by atoms with Crippen molar-refractivity contribution < 1.29 is 24.9 Å². The van der Waals surface area contributed by atoms with E-state index in [4.69, 9.17) is 4.74 Å². The number of fused-ring (bicyclic) bond motifs is 1. The summed E-state index contributed by atoms with van der Waals surface area (Å²) in [6, 6.07) is 17.1. The monoisotopic (exact) mass is 675 g/mol. The second-order valence-corrected chi connectivity index (χ2v) is 13.7. The highest BCUT2D eigenvalue weighted by Gasteiger charge is 2.42. The highest BCUT2D eigenvalue weighted by molar-refractivity contribution is 7.08. The first-order valence-electron chi connectivity index (χ1n) is 17.3. The summed E-state index contributed by atoms with van der Waals surface area (Å²) >= 11 is 1.45. The van der Waals surface area contributed by atoms with Gasteiger partial charge in [0.05, 0.1) is 18.2 Å². The van der Waals surface area contributed by atoms with Crippen LogP contribution in [0, 0.1) is 5.92 Å². The van der Waals surface area contributed by atoms with Crippen molar-refractivity contribution in [3.05, 3.63) is 98.5 Å². The van der Waals surface area contributed by atoms with Gasteiger partial charge in [-0.3, -0.25) is 4.79 Å². The minimum atomic E-state index is -1.79. The quantitative estimate of drug-likeness (QED) is 0.0656. The lowest BCUT2D eigenvalue weighted by atomic mass is 9.88. The molecule has 3 heterocycles. The molecule has 1 fully saturated rings. The minimum Gasteiger partial charge on any atom is -0.506 e. The van der Waals surface area contributed by atoms with E-state index in [9.17, 15) is 24.9 Å². The van der Waals surface area contributed by atoms with Gasteiger partial charge in [0.1, 0.15) is 5.75 Å². The maximum atomic E-state index is 13.2. The number of carbonyl (C=O) groups is 1. The van der Waals surface area contributed by atoms with E-state index >= 15 is 0 Å². The molecule has 0 spiro atoms. The Morgan fingerprint density at radius 3 is 2.42 bits per heavy atom. The summed E-state index contributed by atoms with van der Waals surface area (Å²) in [4.78, 5) is 30.0. The van der Waals surface area contributed by atoms with E-state index < -0.39 is 17.7 Å². The van der Waals surface area contributed by atoms with Gasteiger partial charge in [0, 0.05) is 23.6 Å². The first-order valence-corrected chi connectivity index (χ1v) is 18.2. The zero-order valence-electron chi connectivity index (χ0n) is 27.6. The van der Waals surface area contributed by atoms with Crippen LogP contribution in [-0.2, 0) is 15.1 Å². The van der Waals surface area contributed by atoms with E-state index in [2.05, 4.69) is 15.2 Å². The Morgan fingerprint density at radius 2 is 1.69 bits per heavy atom. The number of rotatable bonds is 18.